The SMILES string of the molecule is C[C@@H]1CC[C@@H](C#C[C@@H](C)O)O[C@H]1CO. The molecule has 1 aliphatic heterocycles. The van der Waals surface area contributed by atoms with E-state index in [9.17, 15) is 0 Å². The Morgan fingerprint density at radius 1 is 1.50 bits per heavy atom. The second kappa shape index (κ2) is 5.35. The highest BCUT2D eigenvalue weighted by Gasteiger charge is 2.26. The number of hydrogen-bond acceptors (Lipinski definition) is 3. The summed E-state index contributed by atoms with van der Waals surface area (Å²) in [5, 5.41) is 18.0. The van der Waals surface area contributed by atoms with E-state index in [2.05, 4.69) is 18.8 Å². The molecule has 0 amide bonds. The van der Waals surface area contributed by atoms with Crippen molar-refractivity contribution in [2.75, 3.05) is 6.61 Å². The van der Waals surface area contributed by atoms with E-state index in [0.29, 0.717) is 5.92 Å². The Balaban J connectivity index is 2.47. The van der Waals surface area contributed by atoms with Gasteiger partial charge in [0.1, 0.15) is 12.2 Å². The van der Waals surface area contributed by atoms with Gasteiger partial charge in [-0.25, -0.2) is 0 Å². The molecule has 1 heterocycles. The van der Waals surface area contributed by atoms with Gasteiger partial charge in [0, 0.05) is 0 Å². The van der Waals surface area contributed by atoms with Gasteiger partial charge in [-0.2, -0.15) is 0 Å². The van der Waals surface area contributed by atoms with E-state index in [0.717, 1.165) is 12.8 Å². The summed E-state index contributed by atoms with van der Waals surface area (Å²) in [4.78, 5) is 0. The fourth-order valence-corrected chi connectivity index (χ4v) is 1.56. The summed E-state index contributed by atoms with van der Waals surface area (Å²) in [5.74, 6) is 5.94. The molecule has 0 aromatic heterocycles. The fourth-order valence-electron chi connectivity index (χ4n) is 1.56. The van der Waals surface area contributed by atoms with Gasteiger partial charge in [-0.3, -0.25) is 0 Å². The first-order chi connectivity index (χ1) is 6.63. The van der Waals surface area contributed by atoms with Gasteiger partial charge in [-0.1, -0.05) is 18.8 Å². The maximum absolute atomic E-state index is 9.03. The van der Waals surface area contributed by atoms with Crippen molar-refractivity contribution in [2.45, 2.75) is 45.0 Å². The molecule has 0 saturated carbocycles. The van der Waals surface area contributed by atoms with Crippen molar-refractivity contribution in [2.24, 2.45) is 5.92 Å². The minimum atomic E-state index is -0.606. The molecule has 0 radical (unpaired) electrons. The molecule has 1 fully saturated rings. The van der Waals surface area contributed by atoms with Crippen LogP contribution in [0.4, 0.5) is 0 Å². The molecule has 0 spiro atoms. The van der Waals surface area contributed by atoms with Crippen LogP contribution in [0.5, 0.6) is 0 Å². The molecule has 3 nitrogen and oxygen atoms in total. The molecular weight excluding hydrogens is 180 g/mol. The third-order valence-electron chi connectivity index (χ3n) is 2.49. The number of hydrogen-bond donors (Lipinski definition) is 2. The normalized spacial score (nSPS) is 34.4. The predicted molar refractivity (Wildman–Crippen MR) is 53.6 cm³/mol. The molecule has 0 bridgehead atoms. The van der Waals surface area contributed by atoms with Gasteiger partial charge in [0.25, 0.3) is 0 Å². The minimum absolute atomic E-state index is 0.0496. The molecule has 0 unspecified atom stereocenters. The summed E-state index contributed by atoms with van der Waals surface area (Å²) in [7, 11) is 0. The molecule has 0 aliphatic carbocycles. The molecule has 0 aromatic rings. The zero-order valence-electron chi connectivity index (χ0n) is 8.73. The van der Waals surface area contributed by atoms with Crippen LogP contribution in [0.3, 0.4) is 0 Å². The summed E-state index contributed by atoms with van der Waals surface area (Å²) in [6, 6.07) is 0. The first-order valence-corrected chi connectivity index (χ1v) is 5.09. The molecule has 1 rings (SSSR count). The summed E-state index contributed by atoms with van der Waals surface area (Å²) >= 11 is 0. The highest BCUT2D eigenvalue weighted by Crippen LogP contribution is 2.23. The Hall–Kier alpha value is -0.560. The van der Waals surface area contributed by atoms with Crippen molar-refractivity contribution >= 4 is 0 Å². The lowest BCUT2D eigenvalue weighted by Gasteiger charge is -2.31. The lowest BCUT2D eigenvalue weighted by atomic mass is 9.94. The molecule has 80 valence electrons. The van der Waals surface area contributed by atoms with Crippen LogP contribution in [0.1, 0.15) is 26.7 Å². The first-order valence-electron chi connectivity index (χ1n) is 5.09. The minimum Gasteiger partial charge on any atom is -0.394 e. The van der Waals surface area contributed by atoms with Gasteiger partial charge >= 0.3 is 0 Å². The summed E-state index contributed by atoms with van der Waals surface area (Å²) < 4.78 is 5.56. The number of rotatable bonds is 1. The van der Waals surface area contributed by atoms with Crippen molar-refractivity contribution in [3.05, 3.63) is 0 Å². The average molecular weight is 198 g/mol. The Kier molecular flexibility index (Phi) is 4.40. The summed E-state index contributed by atoms with van der Waals surface area (Å²) in [6.07, 6.45) is 1.07. The molecule has 1 aliphatic rings. The van der Waals surface area contributed by atoms with Crippen LogP contribution in [0.25, 0.3) is 0 Å². The van der Waals surface area contributed by atoms with E-state index in [1.54, 1.807) is 6.92 Å². The number of aliphatic hydroxyl groups is 2. The highest BCUT2D eigenvalue weighted by molar-refractivity contribution is 5.09. The number of aliphatic hydroxyl groups excluding tert-OH is 2. The second-order valence-electron chi connectivity index (χ2n) is 3.87. The maximum Gasteiger partial charge on any atom is 0.118 e. The van der Waals surface area contributed by atoms with Crippen molar-refractivity contribution in [3.63, 3.8) is 0 Å². The van der Waals surface area contributed by atoms with Crippen LogP contribution in [-0.4, -0.2) is 35.1 Å². The van der Waals surface area contributed by atoms with Crippen LogP contribution < -0.4 is 0 Å². The van der Waals surface area contributed by atoms with E-state index in [-0.39, 0.29) is 18.8 Å². The van der Waals surface area contributed by atoms with Gasteiger partial charge in [0.15, 0.2) is 0 Å². The smallest absolute Gasteiger partial charge is 0.118 e. The van der Waals surface area contributed by atoms with Crippen LogP contribution in [-0.2, 0) is 4.74 Å². The van der Waals surface area contributed by atoms with E-state index >= 15 is 0 Å². The molecule has 1 saturated heterocycles. The molecule has 14 heavy (non-hydrogen) atoms. The largest absolute Gasteiger partial charge is 0.394 e. The third kappa shape index (κ3) is 3.30. The second-order valence-corrected chi connectivity index (χ2v) is 3.87. The number of ether oxygens (including phenoxy) is 1. The standard InChI is InChI=1S/C11H18O3/c1-8-3-5-10(6-4-9(2)13)14-11(8)7-12/h8-13H,3,5,7H2,1-2H3/t8-,9-,10+,11+/m1/s1. The average Bonchev–Trinajstić information content (AvgIpc) is 2.16. The van der Waals surface area contributed by atoms with Crippen LogP contribution in [0.15, 0.2) is 0 Å². The Bertz CT molecular complexity index is 226. The van der Waals surface area contributed by atoms with Crippen molar-refractivity contribution in [1.29, 1.82) is 0 Å². The quantitative estimate of drug-likeness (QED) is 0.605. The first kappa shape index (κ1) is 11.5. The van der Waals surface area contributed by atoms with Crippen LogP contribution in [0, 0.1) is 17.8 Å². The van der Waals surface area contributed by atoms with Gasteiger partial charge < -0.3 is 14.9 Å². The highest BCUT2D eigenvalue weighted by atomic mass is 16.5. The fraction of sp³-hybridized carbons (Fsp3) is 0.818. The van der Waals surface area contributed by atoms with Gasteiger partial charge in [0.05, 0.1) is 12.7 Å². The topological polar surface area (TPSA) is 49.7 Å². The van der Waals surface area contributed by atoms with Crippen LogP contribution >= 0.6 is 0 Å². The lowest BCUT2D eigenvalue weighted by molar-refractivity contribution is -0.0768. The van der Waals surface area contributed by atoms with Gasteiger partial charge in [0.2, 0.25) is 0 Å². The van der Waals surface area contributed by atoms with Crippen LogP contribution in [0.2, 0.25) is 0 Å². The molecule has 0 aromatic carbocycles. The Morgan fingerprint density at radius 2 is 2.21 bits per heavy atom. The van der Waals surface area contributed by atoms with Crippen molar-refractivity contribution in [3.8, 4) is 11.8 Å². The van der Waals surface area contributed by atoms with E-state index in [4.69, 9.17) is 14.9 Å². The molecule has 3 heteroatoms. The zero-order valence-corrected chi connectivity index (χ0v) is 8.73. The molecule has 2 N–H and O–H groups in total. The summed E-state index contributed by atoms with van der Waals surface area (Å²) in [6.45, 7) is 3.75. The van der Waals surface area contributed by atoms with Crippen molar-refractivity contribution < 1.29 is 14.9 Å². The zero-order chi connectivity index (χ0) is 10.6. The summed E-state index contributed by atoms with van der Waals surface area (Å²) in [5.41, 5.74) is 0. The predicted octanol–water partition coefficient (Wildman–Crippen LogP) is 0.547. The monoisotopic (exact) mass is 198 g/mol. The van der Waals surface area contributed by atoms with E-state index in [1.807, 2.05) is 0 Å². The maximum atomic E-state index is 9.03. The van der Waals surface area contributed by atoms with Crippen molar-refractivity contribution in [1.82, 2.24) is 0 Å². The van der Waals surface area contributed by atoms with Gasteiger partial charge in [-0.15, -0.1) is 0 Å². The molecule has 4 atom stereocenters. The third-order valence-corrected chi connectivity index (χ3v) is 2.49. The van der Waals surface area contributed by atoms with E-state index < -0.39 is 6.10 Å². The Morgan fingerprint density at radius 3 is 2.79 bits per heavy atom. The van der Waals surface area contributed by atoms with Gasteiger partial charge in [-0.05, 0) is 25.7 Å². The van der Waals surface area contributed by atoms with E-state index in [1.165, 1.54) is 0 Å². The Labute approximate surface area is 85.1 Å². The molecular formula is C11H18O3. The lowest BCUT2D eigenvalue weighted by Crippen LogP contribution is -2.35.